The van der Waals surface area contributed by atoms with Crippen molar-refractivity contribution >= 4 is 11.7 Å². The molecule has 1 atom stereocenters. The number of urea groups is 1. The van der Waals surface area contributed by atoms with Gasteiger partial charge >= 0.3 is 12.4 Å². The molecule has 1 N–H and O–H groups in total. The number of nitrogens with one attached hydrogen (secondary N) is 1. The molecule has 2 aliphatic heterocycles. The smallest absolute Gasteiger partial charge is 0.406 e. The Hall–Kier alpha value is -2.00. The van der Waals surface area contributed by atoms with Gasteiger partial charge in [-0.15, -0.1) is 13.2 Å². The van der Waals surface area contributed by atoms with E-state index in [-0.39, 0.29) is 11.8 Å². The second-order valence-corrected chi connectivity index (χ2v) is 7.56. The van der Waals surface area contributed by atoms with Crippen LogP contribution in [0.2, 0.25) is 0 Å². The molecule has 3 rings (SSSR count). The van der Waals surface area contributed by atoms with Crippen LogP contribution in [0.4, 0.5) is 23.7 Å². The minimum absolute atomic E-state index is 0.235. The normalized spacial score (nSPS) is 22.1. The number of piperidine rings is 1. The molecule has 0 aromatic heterocycles. The third-order valence-electron chi connectivity index (χ3n) is 5.24. The van der Waals surface area contributed by atoms with E-state index in [0.717, 1.165) is 26.2 Å². The molecule has 1 aromatic carbocycles. The van der Waals surface area contributed by atoms with Crippen LogP contribution in [0, 0.1) is 5.92 Å². The van der Waals surface area contributed by atoms with Gasteiger partial charge in [0, 0.05) is 45.0 Å². The molecular formula is C19H27F3N4O2. The summed E-state index contributed by atoms with van der Waals surface area (Å²) in [7, 11) is 2.16. The van der Waals surface area contributed by atoms with Crippen molar-refractivity contribution in [1.82, 2.24) is 14.7 Å². The number of hydrogen-bond donors (Lipinski definition) is 1. The number of carbonyl (C=O) groups excluding carboxylic acids is 1. The minimum Gasteiger partial charge on any atom is -0.406 e. The Morgan fingerprint density at radius 1 is 1.14 bits per heavy atom. The number of ether oxygens (including phenoxy) is 1. The molecule has 28 heavy (non-hydrogen) atoms. The fraction of sp³-hybridized carbons (Fsp3) is 0.632. The molecule has 2 amide bonds. The Bertz CT molecular complexity index is 646. The standard InChI is InChI=1S/C19H27F3N4O2/c1-24-8-2-3-15(13-24)14-25-9-11-26(12-10-25)18(27)23-16-4-6-17(7-5-16)28-19(20,21)22/h4-7,15H,2-3,8-14H2,1H3,(H,23,27). The number of carbonyl (C=O) groups is 1. The van der Waals surface area contributed by atoms with E-state index in [4.69, 9.17) is 0 Å². The van der Waals surface area contributed by atoms with Gasteiger partial charge in [-0.1, -0.05) is 0 Å². The molecule has 2 saturated heterocycles. The first-order valence-corrected chi connectivity index (χ1v) is 9.61. The van der Waals surface area contributed by atoms with E-state index in [9.17, 15) is 18.0 Å². The zero-order valence-corrected chi connectivity index (χ0v) is 16.0. The molecule has 0 radical (unpaired) electrons. The average molecular weight is 400 g/mol. The Balaban J connectivity index is 1.42. The Labute approximate surface area is 163 Å². The zero-order valence-electron chi connectivity index (χ0n) is 16.0. The van der Waals surface area contributed by atoms with E-state index in [2.05, 4.69) is 26.9 Å². The number of likely N-dealkylation sites (tertiary alicyclic amines) is 1. The molecule has 156 valence electrons. The van der Waals surface area contributed by atoms with Gasteiger partial charge in [-0.3, -0.25) is 4.90 Å². The van der Waals surface area contributed by atoms with Crippen molar-refractivity contribution in [3.05, 3.63) is 24.3 Å². The third kappa shape index (κ3) is 6.27. The predicted molar refractivity (Wildman–Crippen MR) is 100 cm³/mol. The lowest BCUT2D eigenvalue weighted by molar-refractivity contribution is -0.274. The fourth-order valence-electron chi connectivity index (χ4n) is 3.86. The van der Waals surface area contributed by atoms with E-state index in [1.807, 2.05) is 0 Å². The van der Waals surface area contributed by atoms with Gasteiger partial charge < -0.3 is 19.9 Å². The number of nitrogens with zero attached hydrogens (tertiary/aromatic N) is 3. The van der Waals surface area contributed by atoms with E-state index < -0.39 is 6.36 Å². The van der Waals surface area contributed by atoms with Crippen LogP contribution in [0.1, 0.15) is 12.8 Å². The average Bonchev–Trinajstić information content (AvgIpc) is 2.63. The molecular weight excluding hydrogens is 373 g/mol. The highest BCUT2D eigenvalue weighted by Crippen LogP contribution is 2.24. The van der Waals surface area contributed by atoms with Crippen molar-refractivity contribution in [3.8, 4) is 5.75 Å². The van der Waals surface area contributed by atoms with Gasteiger partial charge in [0.1, 0.15) is 5.75 Å². The Morgan fingerprint density at radius 3 is 2.43 bits per heavy atom. The van der Waals surface area contributed by atoms with Crippen LogP contribution >= 0.6 is 0 Å². The van der Waals surface area contributed by atoms with Crippen LogP contribution in [0.5, 0.6) is 5.75 Å². The number of hydrogen-bond acceptors (Lipinski definition) is 4. The predicted octanol–water partition coefficient (Wildman–Crippen LogP) is 3.08. The number of benzene rings is 1. The first-order chi connectivity index (χ1) is 13.3. The van der Waals surface area contributed by atoms with E-state index in [1.165, 1.54) is 43.7 Å². The Kier molecular flexibility index (Phi) is 6.66. The summed E-state index contributed by atoms with van der Waals surface area (Å²) in [5.74, 6) is 0.379. The van der Waals surface area contributed by atoms with Gasteiger partial charge in [0.25, 0.3) is 0 Å². The summed E-state index contributed by atoms with van der Waals surface area (Å²) in [5.41, 5.74) is 0.437. The molecule has 0 aliphatic carbocycles. The molecule has 1 unspecified atom stereocenters. The highest BCUT2D eigenvalue weighted by Gasteiger charge is 2.31. The molecule has 0 bridgehead atoms. The summed E-state index contributed by atoms with van der Waals surface area (Å²) in [4.78, 5) is 18.9. The summed E-state index contributed by atoms with van der Waals surface area (Å²) in [6.45, 7) is 6.34. The van der Waals surface area contributed by atoms with Gasteiger partial charge in [-0.2, -0.15) is 0 Å². The number of alkyl halides is 3. The van der Waals surface area contributed by atoms with Crippen molar-refractivity contribution in [1.29, 1.82) is 0 Å². The second-order valence-electron chi connectivity index (χ2n) is 7.56. The third-order valence-corrected chi connectivity index (χ3v) is 5.24. The van der Waals surface area contributed by atoms with Gasteiger partial charge in [-0.25, -0.2) is 4.79 Å². The quantitative estimate of drug-likeness (QED) is 0.844. The van der Waals surface area contributed by atoms with Crippen LogP contribution in [-0.2, 0) is 0 Å². The molecule has 6 nitrogen and oxygen atoms in total. The minimum atomic E-state index is -4.72. The summed E-state index contributed by atoms with van der Waals surface area (Å²) in [6, 6.07) is 4.93. The lowest BCUT2D eigenvalue weighted by atomic mass is 9.97. The van der Waals surface area contributed by atoms with Crippen LogP contribution in [0.25, 0.3) is 0 Å². The molecule has 0 spiro atoms. The fourth-order valence-corrected chi connectivity index (χ4v) is 3.86. The zero-order chi connectivity index (χ0) is 20.1. The van der Waals surface area contributed by atoms with Crippen LogP contribution in [-0.4, -0.2) is 80.0 Å². The summed E-state index contributed by atoms with van der Waals surface area (Å²) >= 11 is 0. The maximum Gasteiger partial charge on any atom is 0.573 e. The summed E-state index contributed by atoms with van der Waals surface area (Å²) in [5, 5.41) is 2.73. The van der Waals surface area contributed by atoms with Crippen molar-refractivity contribution in [3.63, 3.8) is 0 Å². The van der Waals surface area contributed by atoms with E-state index >= 15 is 0 Å². The number of halogens is 3. The van der Waals surface area contributed by atoms with Crippen molar-refractivity contribution in [2.75, 3.05) is 58.2 Å². The molecule has 1 aromatic rings. The van der Waals surface area contributed by atoms with Crippen LogP contribution < -0.4 is 10.1 Å². The summed E-state index contributed by atoms with van der Waals surface area (Å²) < 4.78 is 40.4. The molecule has 2 fully saturated rings. The van der Waals surface area contributed by atoms with Crippen molar-refractivity contribution in [2.45, 2.75) is 19.2 Å². The van der Waals surface area contributed by atoms with Gasteiger partial charge in [0.2, 0.25) is 0 Å². The van der Waals surface area contributed by atoms with Gasteiger partial charge in [0.05, 0.1) is 0 Å². The SMILES string of the molecule is CN1CCCC(CN2CCN(C(=O)Nc3ccc(OC(F)(F)F)cc3)CC2)C1. The number of anilines is 1. The number of piperazine rings is 1. The number of rotatable bonds is 4. The largest absolute Gasteiger partial charge is 0.573 e. The highest BCUT2D eigenvalue weighted by atomic mass is 19.4. The maximum atomic E-state index is 12.4. The molecule has 2 aliphatic rings. The van der Waals surface area contributed by atoms with Gasteiger partial charge in [0.15, 0.2) is 0 Å². The van der Waals surface area contributed by atoms with Crippen LogP contribution in [0.15, 0.2) is 24.3 Å². The molecule has 0 saturated carbocycles. The number of amides is 2. The lowest BCUT2D eigenvalue weighted by Gasteiger charge is -2.38. The van der Waals surface area contributed by atoms with E-state index in [0.29, 0.717) is 24.7 Å². The van der Waals surface area contributed by atoms with Crippen molar-refractivity contribution < 1.29 is 22.7 Å². The first-order valence-electron chi connectivity index (χ1n) is 9.61. The first kappa shape index (κ1) is 20.7. The van der Waals surface area contributed by atoms with Gasteiger partial charge in [-0.05, 0) is 56.6 Å². The lowest BCUT2D eigenvalue weighted by Crippen LogP contribution is -2.51. The molecule has 2 heterocycles. The molecule has 9 heteroatoms. The van der Waals surface area contributed by atoms with E-state index in [1.54, 1.807) is 4.90 Å². The monoisotopic (exact) mass is 400 g/mol. The maximum absolute atomic E-state index is 12.4. The van der Waals surface area contributed by atoms with Crippen molar-refractivity contribution in [2.24, 2.45) is 5.92 Å². The highest BCUT2D eigenvalue weighted by molar-refractivity contribution is 5.89. The van der Waals surface area contributed by atoms with Crippen LogP contribution in [0.3, 0.4) is 0 Å². The topological polar surface area (TPSA) is 48.0 Å². The Morgan fingerprint density at radius 2 is 1.82 bits per heavy atom. The summed E-state index contributed by atoms with van der Waals surface area (Å²) in [6.07, 6.45) is -2.22. The second kappa shape index (κ2) is 9.00.